The summed E-state index contributed by atoms with van der Waals surface area (Å²) in [5.41, 5.74) is 0. The van der Waals surface area contributed by atoms with Gasteiger partial charge in [-0.1, -0.05) is 13.1 Å². The molecule has 0 amide bonds. The lowest BCUT2D eigenvalue weighted by atomic mass is 10.3. The largest absolute Gasteiger partial charge is 0.673 e. The van der Waals surface area contributed by atoms with E-state index in [-0.39, 0.29) is 0 Å². The monoisotopic (exact) mass is 292 g/mol. The lowest BCUT2D eigenvalue weighted by Gasteiger charge is -2.31. The smallest absolute Gasteiger partial charge is 0.418 e. The van der Waals surface area contributed by atoms with E-state index in [1.165, 1.54) is 18.2 Å². The van der Waals surface area contributed by atoms with Gasteiger partial charge in [-0.15, -0.1) is 0 Å². The molecule has 8 heteroatoms. The molecule has 0 aromatic heterocycles. The SMILES string of the molecule is CCO[S+]1CCC[Si](C)(C)C1C.F[B-](F)(F)F. The molecule has 1 fully saturated rings. The average molecular weight is 292 g/mol. The molecule has 17 heavy (non-hydrogen) atoms. The van der Waals surface area contributed by atoms with E-state index < -0.39 is 15.3 Å². The Kier molecular flexibility index (Phi) is 7.17. The minimum absolute atomic E-state index is 0.303. The second-order valence-corrected chi connectivity index (χ2v) is 12.6. The fraction of sp³-hybridized carbons (Fsp3) is 1.00. The fourth-order valence-corrected chi connectivity index (χ4v) is 8.63. The molecule has 0 aliphatic carbocycles. The van der Waals surface area contributed by atoms with E-state index >= 15 is 0 Å². The highest BCUT2D eigenvalue weighted by Crippen LogP contribution is 2.30. The van der Waals surface area contributed by atoms with Gasteiger partial charge >= 0.3 is 7.25 Å². The maximum absolute atomic E-state index is 9.75. The Morgan fingerprint density at radius 1 is 1.29 bits per heavy atom. The van der Waals surface area contributed by atoms with E-state index in [4.69, 9.17) is 4.18 Å². The summed E-state index contributed by atoms with van der Waals surface area (Å²) < 4.78 is 44.8. The molecule has 1 nitrogen and oxygen atoms in total. The Morgan fingerprint density at radius 3 is 2.18 bits per heavy atom. The van der Waals surface area contributed by atoms with Crippen LogP contribution in [0.15, 0.2) is 0 Å². The first-order chi connectivity index (χ1) is 7.58. The predicted octanol–water partition coefficient (Wildman–Crippen LogP) is 3.90. The van der Waals surface area contributed by atoms with Crippen LogP contribution >= 0.6 is 0 Å². The van der Waals surface area contributed by atoms with Crippen molar-refractivity contribution in [3.8, 4) is 0 Å². The van der Waals surface area contributed by atoms with Crippen LogP contribution < -0.4 is 0 Å². The van der Waals surface area contributed by atoms with Crippen LogP contribution in [0.1, 0.15) is 20.3 Å². The van der Waals surface area contributed by atoms with Crippen LogP contribution in [0, 0.1) is 0 Å². The lowest BCUT2D eigenvalue weighted by Crippen LogP contribution is -2.49. The first kappa shape index (κ1) is 17.3. The quantitative estimate of drug-likeness (QED) is 0.426. The van der Waals surface area contributed by atoms with E-state index in [0.717, 1.165) is 11.5 Å². The van der Waals surface area contributed by atoms with E-state index in [2.05, 4.69) is 26.9 Å². The van der Waals surface area contributed by atoms with Crippen LogP contribution in [-0.2, 0) is 15.4 Å². The molecule has 1 aliphatic rings. The summed E-state index contributed by atoms with van der Waals surface area (Å²) in [7, 11) is -6.91. The maximum atomic E-state index is 9.75. The number of halogens is 4. The summed E-state index contributed by atoms with van der Waals surface area (Å²) in [5.74, 6) is 1.32. The summed E-state index contributed by atoms with van der Waals surface area (Å²) in [6.45, 7) is 10.4. The highest BCUT2D eigenvalue weighted by atomic mass is 32.2. The summed E-state index contributed by atoms with van der Waals surface area (Å²) in [4.78, 5) is 0.881. The molecule has 0 bridgehead atoms. The third-order valence-electron chi connectivity index (χ3n) is 2.93. The number of hydrogen-bond acceptors (Lipinski definition) is 1. The van der Waals surface area contributed by atoms with E-state index in [9.17, 15) is 17.3 Å². The van der Waals surface area contributed by atoms with Gasteiger partial charge in [0.15, 0.2) is 0 Å². The van der Waals surface area contributed by atoms with Crippen molar-refractivity contribution in [3.63, 3.8) is 0 Å². The normalized spacial score (nSPS) is 28.2. The van der Waals surface area contributed by atoms with Gasteiger partial charge in [-0.05, 0) is 26.3 Å². The van der Waals surface area contributed by atoms with Crippen molar-refractivity contribution in [1.82, 2.24) is 0 Å². The number of hydrogen-bond donors (Lipinski definition) is 0. The molecule has 1 heterocycles. The molecule has 1 saturated heterocycles. The van der Waals surface area contributed by atoms with E-state index in [1.54, 1.807) is 0 Å². The molecule has 0 N–H and O–H groups in total. The Bertz CT molecular complexity index is 220. The van der Waals surface area contributed by atoms with Gasteiger partial charge in [0.25, 0.3) is 0 Å². The van der Waals surface area contributed by atoms with Crippen molar-refractivity contribution in [1.29, 1.82) is 0 Å². The molecule has 0 saturated carbocycles. The fourth-order valence-electron chi connectivity index (χ4n) is 1.72. The van der Waals surface area contributed by atoms with Gasteiger partial charge in [0.2, 0.25) is 0 Å². The molecule has 1 rings (SSSR count). The third kappa shape index (κ3) is 8.10. The maximum Gasteiger partial charge on any atom is 0.673 e. The molecule has 2 atom stereocenters. The van der Waals surface area contributed by atoms with Crippen molar-refractivity contribution in [2.24, 2.45) is 0 Å². The highest BCUT2D eigenvalue weighted by molar-refractivity contribution is 7.95. The van der Waals surface area contributed by atoms with Gasteiger partial charge in [-0.3, -0.25) is 0 Å². The van der Waals surface area contributed by atoms with Crippen molar-refractivity contribution in [3.05, 3.63) is 0 Å². The van der Waals surface area contributed by atoms with Crippen molar-refractivity contribution >= 4 is 26.5 Å². The topological polar surface area (TPSA) is 9.23 Å². The number of rotatable bonds is 2. The van der Waals surface area contributed by atoms with E-state index in [1.807, 2.05) is 0 Å². The van der Waals surface area contributed by atoms with Gasteiger partial charge in [0, 0.05) is 0 Å². The first-order valence-electron chi connectivity index (χ1n) is 5.78. The van der Waals surface area contributed by atoms with E-state index in [0.29, 0.717) is 11.2 Å². The molecular formula is C9H21BF4OSSi. The van der Waals surface area contributed by atoms with Crippen molar-refractivity contribution in [2.75, 3.05) is 12.4 Å². The van der Waals surface area contributed by atoms with Gasteiger partial charge in [0.1, 0.15) is 36.5 Å². The lowest BCUT2D eigenvalue weighted by molar-refractivity contribution is 0.368. The molecule has 2 unspecified atom stereocenters. The van der Waals surface area contributed by atoms with Crippen LogP contribution in [0.5, 0.6) is 0 Å². The minimum atomic E-state index is -6.00. The molecule has 0 aromatic rings. The van der Waals surface area contributed by atoms with Crippen LogP contribution in [-0.4, -0.2) is 32.6 Å². The summed E-state index contributed by atoms with van der Waals surface area (Å²) in [5, 5.41) is 0. The molecular weight excluding hydrogens is 271 g/mol. The second kappa shape index (κ2) is 7.04. The van der Waals surface area contributed by atoms with Gasteiger partial charge < -0.3 is 17.3 Å². The molecule has 104 valence electrons. The minimum Gasteiger partial charge on any atom is -0.418 e. The Hall–Kier alpha value is 0.312. The zero-order valence-electron chi connectivity index (χ0n) is 10.8. The summed E-state index contributed by atoms with van der Waals surface area (Å²) in [6, 6.07) is 1.50. The predicted molar refractivity (Wildman–Crippen MR) is 70.4 cm³/mol. The standard InChI is InChI=1S/C9H21OSSi.BF4/c1-5-10-11-7-6-8-12(3,4)9(11)2;2-1(3,4)5/h9H,5-8H2,1-4H3;/q+1;-1. The van der Waals surface area contributed by atoms with Gasteiger partial charge in [0.05, 0.1) is 0 Å². The molecule has 0 radical (unpaired) electrons. The Labute approximate surface area is 105 Å². The molecule has 1 aliphatic heterocycles. The Morgan fingerprint density at radius 2 is 1.76 bits per heavy atom. The first-order valence-corrected chi connectivity index (χ1v) is 10.4. The zero-order valence-corrected chi connectivity index (χ0v) is 12.6. The van der Waals surface area contributed by atoms with Crippen LogP contribution in [0.4, 0.5) is 17.3 Å². The Balaban J connectivity index is 0.000000437. The van der Waals surface area contributed by atoms with Crippen LogP contribution in [0.3, 0.4) is 0 Å². The average Bonchev–Trinajstić information content (AvgIpc) is 2.10. The van der Waals surface area contributed by atoms with Gasteiger partial charge in [-0.2, -0.15) is 4.18 Å². The summed E-state index contributed by atoms with van der Waals surface area (Å²) in [6.07, 6.45) is 1.41. The van der Waals surface area contributed by atoms with Crippen LogP contribution in [0.25, 0.3) is 0 Å². The van der Waals surface area contributed by atoms with Gasteiger partial charge in [-0.25, -0.2) is 0 Å². The molecule has 0 spiro atoms. The van der Waals surface area contributed by atoms with Crippen LogP contribution in [0.2, 0.25) is 19.1 Å². The second-order valence-electron chi connectivity index (χ2n) is 4.72. The van der Waals surface area contributed by atoms with Crippen molar-refractivity contribution < 1.29 is 21.4 Å². The molecule has 0 aromatic carbocycles. The third-order valence-corrected chi connectivity index (χ3v) is 11.5. The zero-order chi connectivity index (χ0) is 13.7. The highest BCUT2D eigenvalue weighted by Gasteiger charge is 2.46. The summed E-state index contributed by atoms with van der Waals surface area (Å²) >= 11 is 0.303. The van der Waals surface area contributed by atoms with Crippen molar-refractivity contribution in [2.45, 2.75) is 44.3 Å².